The van der Waals surface area contributed by atoms with E-state index < -0.39 is 0 Å². The van der Waals surface area contributed by atoms with Crippen LogP contribution in [-0.2, 0) is 6.54 Å². The van der Waals surface area contributed by atoms with Gasteiger partial charge in [0.05, 0.1) is 17.7 Å². The largest absolute Gasteiger partial charge is 0.497 e. The van der Waals surface area contributed by atoms with Crippen LogP contribution in [0.1, 0.15) is 5.89 Å². The molecule has 4 aromatic rings. The van der Waals surface area contributed by atoms with E-state index in [1.165, 1.54) is 22.1 Å². The summed E-state index contributed by atoms with van der Waals surface area (Å²) in [5.41, 5.74) is 1.26. The minimum absolute atomic E-state index is 0.106. The predicted molar refractivity (Wildman–Crippen MR) is 97.2 cm³/mol. The fraction of sp³-hybridized carbons (Fsp3) is 0.111. The van der Waals surface area contributed by atoms with Gasteiger partial charge in [0.2, 0.25) is 11.7 Å². The van der Waals surface area contributed by atoms with E-state index in [2.05, 4.69) is 15.2 Å². The van der Waals surface area contributed by atoms with Crippen molar-refractivity contribution in [2.75, 3.05) is 7.11 Å². The Bertz CT molecular complexity index is 1090. The van der Waals surface area contributed by atoms with Gasteiger partial charge in [-0.15, -0.1) is 11.3 Å². The zero-order chi connectivity index (χ0) is 17.9. The van der Waals surface area contributed by atoms with Crippen molar-refractivity contribution < 1.29 is 9.26 Å². The van der Waals surface area contributed by atoms with Crippen LogP contribution < -0.4 is 10.3 Å². The van der Waals surface area contributed by atoms with Crippen LogP contribution in [0.2, 0.25) is 0 Å². The Balaban J connectivity index is 1.63. The lowest BCUT2D eigenvalue weighted by Crippen LogP contribution is -2.23. The van der Waals surface area contributed by atoms with Crippen molar-refractivity contribution in [1.29, 1.82) is 0 Å². The third-order valence-electron chi connectivity index (χ3n) is 3.73. The van der Waals surface area contributed by atoms with Gasteiger partial charge in [0, 0.05) is 11.6 Å². The van der Waals surface area contributed by atoms with Crippen molar-refractivity contribution in [2.24, 2.45) is 0 Å². The maximum absolute atomic E-state index is 12.2. The lowest BCUT2D eigenvalue weighted by molar-refractivity contribution is 0.363. The zero-order valence-corrected chi connectivity index (χ0v) is 14.6. The highest BCUT2D eigenvalue weighted by Gasteiger charge is 2.12. The van der Waals surface area contributed by atoms with E-state index in [0.29, 0.717) is 17.4 Å². The van der Waals surface area contributed by atoms with Gasteiger partial charge in [-0.1, -0.05) is 23.4 Å². The van der Waals surface area contributed by atoms with Gasteiger partial charge in [0.25, 0.3) is 5.56 Å². The Kier molecular flexibility index (Phi) is 4.32. The Hall–Kier alpha value is -3.26. The smallest absolute Gasteiger partial charge is 0.267 e. The van der Waals surface area contributed by atoms with Crippen LogP contribution >= 0.6 is 11.3 Å². The Morgan fingerprint density at radius 3 is 2.92 bits per heavy atom. The second-order valence-corrected chi connectivity index (χ2v) is 6.38. The molecule has 0 aliphatic heterocycles. The van der Waals surface area contributed by atoms with Gasteiger partial charge in [-0.05, 0) is 29.6 Å². The fourth-order valence-corrected chi connectivity index (χ4v) is 3.10. The van der Waals surface area contributed by atoms with E-state index in [1.54, 1.807) is 13.2 Å². The highest BCUT2D eigenvalue weighted by Crippen LogP contribution is 2.22. The highest BCUT2D eigenvalue weighted by molar-refractivity contribution is 7.13. The molecule has 0 atom stereocenters. The molecule has 3 aromatic heterocycles. The molecule has 8 heteroatoms. The van der Waals surface area contributed by atoms with Crippen molar-refractivity contribution in [3.05, 3.63) is 70.2 Å². The van der Waals surface area contributed by atoms with E-state index in [0.717, 1.165) is 16.2 Å². The summed E-state index contributed by atoms with van der Waals surface area (Å²) < 4.78 is 11.8. The number of thiophene rings is 1. The molecule has 0 N–H and O–H groups in total. The van der Waals surface area contributed by atoms with Crippen molar-refractivity contribution in [2.45, 2.75) is 6.54 Å². The summed E-state index contributed by atoms with van der Waals surface area (Å²) in [6.07, 6.45) is 0. The van der Waals surface area contributed by atoms with E-state index in [-0.39, 0.29) is 12.1 Å². The molecule has 0 bridgehead atoms. The van der Waals surface area contributed by atoms with Crippen LogP contribution in [0.3, 0.4) is 0 Å². The molecule has 0 unspecified atom stereocenters. The maximum Gasteiger partial charge on any atom is 0.267 e. The standard InChI is InChI=1S/C18H14N4O3S/c1-24-13-5-2-4-12(10-13)14-7-8-17(23)22(20-14)11-16-19-18(21-25-16)15-6-3-9-26-15/h2-10H,11H2,1H3. The summed E-state index contributed by atoms with van der Waals surface area (Å²) in [5, 5.41) is 10.3. The first kappa shape index (κ1) is 16.2. The van der Waals surface area contributed by atoms with Crippen molar-refractivity contribution in [3.8, 4) is 27.7 Å². The molecule has 0 aliphatic rings. The number of rotatable bonds is 5. The molecule has 0 saturated carbocycles. The second kappa shape index (κ2) is 6.93. The molecule has 0 fully saturated rings. The average molecular weight is 366 g/mol. The molecule has 3 heterocycles. The van der Waals surface area contributed by atoms with Gasteiger partial charge in [-0.2, -0.15) is 10.1 Å². The number of nitrogens with zero attached hydrogens (tertiary/aromatic N) is 4. The molecule has 26 heavy (non-hydrogen) atoms. The summed E-state index contributed by atoms with van der Waals surface area (Å²) in [6.45, 7) is 0.106. The molecule has 0 amide bonds. The Labute approximate surface area is 152 Å². The molecule has 130 valence electrons. The van der Waals surface area contributed by atoms with Gasteiger partial charge < -0.3 is 9.26 Å². The normalized spacial score (nSPS) is 10.8. The lowest BCUT2D eigenvalue weighted by Gasteiger charge is -2.06. The van der Waals surface area contributed by atoms with Crippen LogP contribution in [0, 0.1) is 0 Å². The maximum atomic E-state index is 12.2. The number of methoxy groups -OCH3 is 1. The second-order valence-electron chi connectivity index (χ2n) is 5.44. The van der Waals surface area contributed by atoms with E-state index in [9.17, 15) is 4.79 Å². The summed E-state index contributed by atoms with van der Waals surface area (Å²) in [6, 6.07) is 14.5. The monoisotopic (exact) mass is 366 g/mol. The molecule has 0 aliphatic carbocycles. The molecular weight excluding hydrogens is 352 g/mol. The fourth-order valence-electron chi connectivity index (χ4n) is 2.45. The zero-order valence-electron chi connectivity index (χ0n) is 13.8. The summed E-state index contributed by atoms with van der Waals surface area (Å²) in [4.78, 5) is 17.4. The molecule has 0 spiro atoms. The Morgan fingerprint density at radius 2 is 2.12 bits per heavy atom. The van der Waals surface area contributed by atoms with Crippen LogP contribution in [0.15, 0.2) is 63.2 Å². The van der Waals surface area contributed by atoms with E-state index in [1.807, 2.05) is 41.8 Å². The third kappa shape index (κ3) is 3.27. The topological polar surface area (TPSA) is 83.0 Å². The van der Waals surface area contributed by atoms with Gasteiger partial charge in [0.15, 0.2) is 0 Å². The minimum Gasteiger partial charge on any atom is -0.497 e. The van der Waals surface area contributed by atoms with Crippen LogP contribution in [0.4, 0.5) is 0 Å². The van der Waals surface area contributed by atoms with Gasteiger partial charge in [-0.25, -0.2) is 4.68 Å². The van der Waals surface area contributed by atoms with Gasteiger partial charge in [0.1, 0.15) is 12.3 Å². The van der Waals surface area contributed by atoms with Crippen molar-refractivity contribution >= 4 is 11.3 Å². The van der Waals surface area contributed by atoms with E-state index in [4.69, 9.17) is 9.26 Å². The van der Waals surface area contributed by atoms with Crippen LogP contribution in [0.25, 0.3) is 22.0 Å². The highest BCUT2D eigenvalue weighted by atomic mass is 32.1. The van der Waals surface area contributed by atoms with Crippen molar-refractivity contribution in [3.63, 3.8) is 0 Å². The predicted octanol–water partition coefficient (Wildman–Crippen LogP) is 3.08. The number of hydrogen-bond acceptors (Lipinski definition) is 7. The molecule has 7 nitrogen and oxygen atoms in total. The van der Waals surface area contributed by atoms with Crippen LogP contribution in [0.5, 0.6) is 5.75 Å². The molecule has 4 rings (SSSR count). The molecular formula is C18H14N4O3S. The minimum atomic E-state index is -0.243. The quantitative estimate of drug-likeness (QED) is 0.540. The average Bonchev–Trinajstić information content (AvgIpc) is 3.35. The van der Waals surface area contributed by atoms with E-state index >= 15 is 0 Å². The first-order valence-electron chi connectivity index (χ1n) is 7.82. The summed E-state index contributed by atoms with van der Waals surface area (Å²) >= 11 is 1.52. The summed E-state index contributed by atoms with van der Waals surface area (Å²) in [7, 11) is 1.61. The summed E-state index contributed by atoms with van der Waals surface area (Å²) in [5.74, 6) is 1.55. The molecule has 0 radical (unpaired) electrons. The third-order valence-corrected chi connectivity index (χ3v) is 4.59. The number of ether oxygens (including phenoxy) is 1. The lowest BCUT2D eigenvalue weighted by atomic mass is 10.1. The number of hydrogen-bond donors (Lipinski definition) is 0. The SMILES string of the molecule is COc1cccc(-c2ccc(=O)n(Cc3nc(-c4cccs4)no3)n2)c1. The van der Waals surface area contributed by atoms with Crippen LogP contribution in [-0.4, -0.2) is 27.0 Å². The number of aromatic nitrogens is 4. The molecule has 0 saturated heterocycles. The van der Waals surface area contributed by atoms with Crippen molar-refractivity contribution in [1.82, 2.24) is 19.9 Å². The molecule has 1 aromatic carbocycles. The first-order chi connectivity index (χ1) is 12.7. The Morgan fingerprint density at radius 1 is 1.19 bits per heavy atom. The number of benzene rings is 1. The van der Waals surface area contributed by atoms with Gasteiger partial charge in [-0.3, -0.25) is 4.79 Å². The first-order valence-corrected chi connectivity index (χ1v) is 8.70. The van der Waals surface area contributed by atoms with Gasteiger partial charge >= 0.3 is 0 Å².